The van der Waals surface area contributed by atoms with Crippen molar-refractivity contribution in [2.24, 2.45) is 23.0 Å². The Bertz CT molecular complexity index is 946. The number of aliphatic hydroxyl groups is 1. The molecule has 1 aliphatic heterocycles. The number of carbonyl (C=O) groups excluding carboxylic acids is 3. The number of nitrogens with two attached hydrogens (primary N) is 1. The minimum atomic E-state index is -0.834. The molecule has 3 rings (SSSR count). The molecular weight excluding hydrogens is 468 g/mol. The monoisotopic (exact) mass is 514 g/mol. The van der Waals surface area contributed by atoms with Crippen molar-refractivity contribution >= 4 is 23.4 Å². The summed E-state index contributed by atoms with van der Waals surface area (Å²) in [6, 6.07) is 7.21. The fourth-order valence-corrected chi connectivity index (χ4v) is 5.15. The van der Waals surface area contributed by atoms with E-state index in [0.29, 0.717) is 25.9 Å². The van der Waals surface area contributed by atoms with Crippen molar-refractivity contribution in [3.05, 3.63) is 29.8 Å². The van der Waals surface area contributed by atoms with Crippen molar-refractivity contribution < 1.29 is 19.5 Å². The van der Waals surface area contributed by atoms with E-state index in [1.807, 2.05) is 38.1 Å². The highest BCUT2D eigenvalue weighted by Crippen LogP contribution is 2.34. The highest BCUT2D eigenvalue weighted by atomic mass is 16.3. The third-order valence-corrected chi connectivity index (χ3v) is 7.53. The van der Waals surface area contributed by atoms with E-state index >= 15 is 0 Å². The minimum Gasteiger partial charge on any atom is -0.391 e. The van der Waals surface area contributed by atoms with Crippen molar-refractivity contribution in [3.8, 4) is 0 Å². The van der Waals surface area contributed by atoms with Crippen LogP contribution in [0.4, 0.5) is 5.69 Å². The summed E-state index contributed by atoms with van der Waals surface area (Å²) in [7, 11) is 0. The third kappa shape index (κ3) is 8.54. The molecule has 2 aliphatic rings. The number of nitrogens with zero attached hydrogens (tertiary/aromatic N) is 1. The first-order valence-electron chi connectivity index (χ1n) is 13.9. The number of amides is 3. The molecule has 8 heteroatoms. The van der Waals surface area contributed by atoms with Gasteiger partial charge in [-0.1, -0.05) is 52.3 Å². The van der Waals surface area contributed by atoms with E-state index in [2.05, 4.69) is 17.6 Å². The molecule has 0 radical (unpaired) electrons. The molecule has 0 bridgehead atoms. The topological polar surface area (TPSA) is 125 Å². The Morgan fingerprint density at radius 2 is 1.92 bits per heavy atom. The van der Waals surface area contributed by atoms with E-state index < -0.39 is 17.6 Å². The highest BCUT2D eigenvalue weighted by molar-refractivity contribution is 5.95. The molecule has 0 aromatic heterocycles. The average molecular weight is 515 g/mol. The van der Waals surface area contributed by atoms with Gasteiger partial charge in [0.1, 0.15) is 0 Å². The Morgan fingerprint density at radius 3 is 2.59 bits per heavy atom. The molecule has 0 saturated heterocycles. The van der Waals surface area contributed by atoms with Crippen LogP contribution in [0, 0.1) is 17.3 Å². The summed E-state index contributed by atoms with van der Waals surface area (Å²) in [4.78, 5) is 40.0. The fraction of sp³-hybridized carbons (Fsp3) is 0.690. The van der Waals surface area contributed by atoms with Crippen molar-refractivity contribution in [3.63, 3.8) is 0 Å². The quantitative estimate of drug-likeness (QED) is 0.301. The molecule has 1 saturated carbocycles. The molecule has 1 fully saturated rings. The van der Waals surface area contributed by atoms with Crippen LogP contribution in [0.15, 0.2) is 24.3 Å². The molecule has 0 spiro atoms. The molecule has 5 N–H and O–H groups in total. The Kier molecular flexibility index (Phi) is 10.1. The SMILES string of the molecule is CCCCNC(=O)[C@H](C)C[C@H](O)[C@@H](N)CC(C)(C)CC(=O)N1CC(NC(=O)C2CC2)Cc2ccccc21. The lowest BCUT2D eigenvalue weighted by molar-refractivity contribution is -0.125. The van der Waals surface area contributed by atoms with Gasteiger partial charge in [-0.15, -0.1) is 0 Å². The predicted octanol–water partition coefficient (Wildman–Crippen LogP) is 2.91. The van der Waals surface area contributed by atoms with Crippen molar-refractivity contribution in [1.29, 1.82) is 0 Å². The van der Waals surface area contributed by atoms with Gasteiger partial charge in [0.2, 0.25) is 17.7 Å². The van der Waals surface area contributed by atoms with E-state index in [9.17, 15) is 19.5 Å². The minimum absolute atomic E-state index is 0.0202. The lowest BCUT2D eigenvalue weighted by Gasteiger charge is -2.37. The maximum atomic E-state index is 13.6. The number of para-hydroxylation sites is 1. The number of hydrogen-bond donors (Lipinski definition) is 4. The molecule has 4 atom stereocenters. The summed E-state index contributed by atoms with van der Waals surface area (Å²) in [6.07, 6.45) is 4.69. The second-order valence-electron chi connectivity index (χ2n) is 11.9. The van der Waals surface area contributed by atoms with Crippen LogP contribution < -0.4 is 21.3 Å². The zero-order valence-electron chi connectivity index (χ0n) is 23.0. The van der Waals surface area contributed by atoms with Crippen LogP contribution in [-0.2, 0) is 20.8 Å². The van der Waals surface area contributed by atoms with Gasteiger partial charge in [-0.2, -0.15) is 0 Å². The standard InChI is InChI=1S/C29H46N4O4/c1-5-6-13-31-27(36)19(2)14-25(34)23(30)16-29(3,4)17-26(35)33-18-22(32-28(37)20-11-12-20)15-21-9-7-8-10-24(21)33/h7-10,19-20,22-23,25,34H,5-6,11-18,30H2,1-4H3,(H,31,36)(H,32,37)/t19-,22?,23+,25+/m1/s1. The van der Waals surface area contributed by atoms with E-state index in [-0.39, 0.29) is 48.4 Å². The van der Waals surface area contributed by atoms with Gasteiger partial charge in [-0.3, -0.25) is 14.4 Å². The number of unbranched alkanes of at least 4 members (excludes halogenated alkanes) is 1. The first kappa shape index (κ1) is 29.1. The maximum absolute atomic E-state index is 13.6. The molecule has 3 amide bonds. The van der Waals surface area contributed by atoms with Crippen molar-refractivity contribution in [2.45, 2.75) is 97.2 Å². The van der Waals surface area contributed by atoms with Gasteiger partial charge in [0.05, 0.1) is 12.1 Å². The Labute approximate surface area is 221 Å². The summed E-state index contributed by atoms with van der Waals surface area (Å²) >= 11 is 0. The van der Waals surface area contributed by atoms with Gasteiger partial charge >= 0.3 is 0 Å². The number of carbonyl (C=O) groups is 3. The molecule has 1 aromatic carbocycles. The van der Waals surface area contributed by atoms with Crippen LogP contribution in [0.1, 0.15) is 78.2 Å². The lowest BCUT2D eigenvalue weighted by Crippen LogP contribution is -2.51. The number of nitrogens with one attached hydrogen (secondary N) is 2. The Balaban J connectivity index is 1.57. The summed E-state index contributed by atoms with van der Waals surface area (Å²) in [5, 5.41) is 16.8. The first-order valence-corrected chi connectivity index (χ1v) is 13.9. The molecule has 1 aromatic rings. The molecule has 1 heterocycles. The van der Waals surface area contributed by atoms with Crippen LogP contribution in [0.25, 0.3) is 0 Å². The average Bonchev–Trinajstić information content (AvgIpc) is 3.68. The molecule has 1 unspecified atom stereocenters. The lowest BCUT2D eigenvalue weighted by atomic mass is 9.79. The fourth-order valence-electron chi connectivity index (χ4n) is 5.15. The molecule has 37 heavy (non-hydrogen) atoms. The normalized spacial score (nSPS) is 19.9. The van der Waals surface area contributed by atoms with Crippen LogP contribution in [-0.4, -0.2) is 54.1 Å². The van der Waals surface area contributed by atoms with Gasteiger partial charge < -0.3 is 26.4 Å². The maximum Gasteiger partial charge on any atom is 0.227 e. The van der Waals surface area contributed by atoms with Crippen molar-refractivity contribution in [2.75, 3.05) is 18.0 Å². The van der Waals surface area contributed by atoms with Gasteiger partial charge in [-0.05, 0) is 55.6 Å². The van der Waals surface area contributed by atoms with Crippen LogP contribution in [0.5, 0.6) is 0 Å². The van der Waals surface area contributed by atoms with E-state index in [0.717, 1.165) is 36.9 Å². The zero-order chi connectivity index (χ0) is 27.2. The second kappa shape index (κ2) is 12.9. The molecule has 8 nitrogen and oxygen atoms in total. The van der Waals surface area contributed by atoms with E-state index in [1.54, 1.807) is 11.8 Å². The summed E-state index contributed by atoms with van der Waals surface area (Å²) in [6.45, 7) is 8.94. The van der Waals surface area contributed by atoms with Crippen LogP contribution in [0.2, 0.25) is 0 Å². The summed E-state index contributed by atoms with van der Waals surface area (Å²) in [5.41, 5.74) is 7.86. The third-order valence-electron chi connectivity index (χ3n) is 7.53. The molecular formula is C29H46N4O4. The highest BCUT2D eigenvalue weighted by Gasteiger charge is 2.36. The van der Waals surface area contributed by atoms with Gasteiger partial charge in [0, 0.05) is 43.1 Å². The van der Waals surface area contributed by atoms with Crippen LogP contribution in [0.3, 0.4) is 0 Å². The number of aliphatic hydroxyl groups excluding tert-OH is 1. The molecule has 1 aliphatic carbocycles. The number of fused-ring (bicyclic) bond motifs is 1. The number of anilines is 1. The second-order valence-corrected chi connectivity index (χ2v) is 11.9. The van der Waals surface area contributed by atoms with Crippen molar-refractivity contribution in [1.82, 2.24) is 10.6 Å². The predicted molar refractivity (Wildman–Crippen MR) is 146 cm³/mol. The zero-order valence-corrected chi connectivity index (χ0v) is 23.0. The van der Waals surface area contributed by atoms with Crippen LogP contribution >= 0.6 is 0 Å². The van der Waals surface area contributed by atoms with Gasteiger partial charge in [0.25, 0.3) is 0 Å². The smallest absolute Gasteiger partial charge is 0.227 e. The summed E-state index contributed by atoms with van der Waals surface area (Å²) in [5.74, 6) is -0.214. The van der Waals surface area contributed by atoms with Gasteiger partial charge in [-0.25, -0.2) is 0 Å². The number of rotatable bonds is 13. The Hall–Kier alpha value is -2.45. The first-order chi connectivity index (χ1) is 17.5. The summed E-state index contributed by atoms with van der Waals surface area (Å²) < 4.78 is 0. The van der Waals surface area contributed by atoms with E-state index in [1.165, 1.54) is 0 Å². The largest absolute Gasteiger partial charge is 0.391 e. The van der Waals surface area contributed by atoms with Gasteiger partial charge in [0.15, 0.2) is 0 Å². The number of benzene rings is 1. The molecule has 206 valence electrons. The number of hydrogen-bond acceptors (Lipinski definition) is 5. The Morgan fingerprint density at radius 1 is 1.22 bits per heavy atom. The van der Waals surface area contributed by atoms with E-state index in [4.69, 9.17) is 5.73 Å².